The van der Waals surface area contributed by atoms with Crippen LogP contribution in [-0.2, 0) is 19.1 Å². The van der Waals surface area contributed by atoms with E-state index >= 15 is 0 Å². The van der Waals surface area contributed by atoms with Crippen LogP contribution in [0.25, 0.3) is 0 Å². The van der Waals surface area contributed by atoms with E-state index in [-0.39, 0.29) is 17.6 Å². The van der Waals surface area contributed by atoms with Crippen molar-refractivity contribution in [2.45, 2.75) is 38.5 Å². The van der Waals surface area contributed by atoms with E-state index in [4.69, 9.17) is 4.74 Å². The summed E-state index contributed by atoms with van der Waals surface area (Å²) >= 11 is 1.04. The molecule has 0 aliphatic carbocycles. The maximum Gasteiger partial charge on any atom is 0.319 e. The van der Waals surface area contributed by atoms with Gasteiger partial charge in [-0.3, -0.25) is 14.4 Å². The molecule has 2 amide bonds. The van der Waals surface area contributed by atoms with Crippen LogP contribution in [0.5, 0.6) is 0 Å². The summed E-state index contributed by atoms with van der Waals surface area (Å²) in [6.45, 7) is 6.24. The Balaban J connectivity index is 2.38. The van der Waals surface area contributed by atoms with Crippen LogP contribution in [0.3, 0.4) is 0 Å². The van der Waals surface area contributed by atoms with Crippen molar-refractivity contribution >= 4 is 35.2 Å². The molecular formula is C19H24FN3O4S. The molecule has 1 rings (SSSR count). The van der Waals surface area contributed by atoms with Gasteiger partial charge >= 0.3 is 5.97 Å². The molecule has 0 radical (unpaired) electrons. The van der Waals surface area contributed by atoms with Crippen LogP contribution in [0.1, 0.15) is 27.7 Å². The van der Waals surface area contributed by atoms with Crippen molar-refractivity contribution < 1.29 is 23.5 Å². The van der Waals surface area contributed by atoms with Gasteiger partial charge in [-0.25, -0.2) is 4.39 Å². The first-order valence-electron chi connectivity index (χ1n) is 8.63. The quantitative estimate of drug-likeness (QED) is 0.607. The number of anilines is 1. The SMILES string of the molecule is CC(C)[C@](C)(C#N)NC(=O)COC(=O)[C@H](C)SCC(=O)Nc1ccc(F)cc1. The fraction of sp³-hybridized carbons (Fsp3) is 0.474. The van der Waals surface area contributed by atoms with Crippen molar-refractivity contribution in [1.82, 2.24) is 5.32 Å². The van der Waals surface area contributed by atoms with Gasteiger partial charge in [-0.1, -0.05) is 13.8 Å². The molecule has 1 aromatic carbocycles. The van der Waals surface area contributed by atoms with Gasteiger partial charge in [0.1, 0.15) is 16.6 Å². The first-order valence-corrected chi connectivity index (χ1v) is 9.68. The second kappa shape index (κ2) is 10.7. The number of amides is 2. The van der Waals surface area contributed by atoms with Crippen LogP contribution >= 0.6 is 11.8 Å². The van der Waals surface area contributed by atoms with Gasteiger partial charge in [-0.2, -0.15) is 5.26 Å². The number of nitrogens with zero attached hydrogens (tertiary/aromatic N) is 1. The van der Waals surface area contributed by atoms with Crippen molar-refractivity contribution in [2.24, 2.45) is 5.92 Å². The first-order chi connectivity index (χ1) is 13.1. The number of rotatable bonds is 9. The van der Waals surface area contributed by atoms with Gasteiger partial charge in [0.15, 0.2) is 6.61 Å². The number of carbonyl (C=O) groups excluding carboxylic acids is 3. The van der Waals surface area contributed by atoms with Crippen LogP contribution in [0.15, 0.2) is 24.3 Å². The lowest BCUT2D eigenvalue weighted by atomic mass is 9.90. The highest BCUT2D eigenvalue weighted by Gasteiger charge is 2.30. The monoisotopic (exact) mass is 409 g/mol. The highest BCUT2D eigenvalue weighted by Crippen LogP contribution is 2.16. The Kier molecular flexibility index (Phi) is 8.92. The normalized spacial score (nSPS) is 13.8. The Hall–Kier alpha value is -2.60. The third-order valence-electron chi connectivity index (χ3n) is 4.06. The number of ether oxygens (including phenoxy) is 1. The molecule has 9 heteroatoms. The average Bonchev–Trinajstić information content (AvgIpc) is 2.65. The van der Waals surface area contributed by atoms with Gasteiger partial charge in [-0.05, 0) is 44.0 Å². The molecule has 0 unspecified atom stereocenters. The van der Waals surface area contributed by atoms with Crippen molar-refractivity contribution in [3.8, 4) is 6.07 Å². The number of hydrogen-bond donors (Lipinski definition) is 2. The van der Waals surface area contributed by atoms with E-state index in [1.54, 1.807) is 27.7 Å². The molecule has 0 spiro atoms. The van der Waals surface area contributed by atoms with Gasteiger partial charge in [0.05, 0.1) is 11.8 Å². The van der Waals surface area contributed by atoms with Crippen LogP contribution in [0.2, 0.25) is 0 Å². The molecular weight excluding hydrogens is 385 g/mol. The summed E-state index contributed by atoms with van der Waals surface area (Å²) in [5, 5.41) is 13.6. The van der Waals surface area contributed by atoms with Gasteiger partial charge in [0.25, 0.3) is 5.91 Å². The standard InChI is InChI=1S/C19H24FN3O4S/c1-12(2)19(4,11-21)23-16(24)9-27-18(26)13(3)28-10-17(25)22-15-7-5-14(20)6-8-15/h5-8,12-13H,9-10H2,1-4H3,(H,22,25)(H,23,24)/t13-,19-/m0/s1. The molecule has 2 N–H and O–H groups in total. The lowest BCUT2D eigenvalue weighted by Gasteiger charge is -2.27. The number of halogens is 1. The molecule has 2 atom stereocenters. The Bertz CT molecular complexity index is 749. The fourth-order valence-corrected chi connectivity index (χ4v) is 2.56. The topological polar surface area (TPSA) is 108 Å². The van der Waals surface area contributed by atoms with E-state index in [9.17, 15) is 24.0 Å². The molecule has 0 aliphatic rings. The zero-order chi connectivity index (χ0) is 21.3. The van der Waals surface area contributed by atoms with Crippen LogP contribution in [0.4, 0.5) is 10.1 Å². The fourth-order valence-electron chi connectivity index (χ4n) is 1.88. The minimum absolute atomic E-state index is 0.0142. The molecule has 0 aromatic heterocycles. The second-order valence-corrected chi connectivity index (χ2v) is 7.96. The largest absolute Gasteiger partial charge is 0.455 e. The molecule has 0 saturated heterocycles. The number of nitrogens with one attached hydrogen (secondary N) is 2. The highest BCUT2D eigenvalue weighted by atomic mass is 32.2. The Morgan fingerprint density at radius 1 is 1.21 bits per heavy atom. The molecule has 0 fully saturated rings. The van der Waals surface area contributed by atoms with Crippen molar-refractivity contribution in [2.75, 3.05) is 17.7 Å². The number of nitriles is 1. The Morgan fingerprint density at radius 3 is 2.36 bits per heavy atom. The lowest BCUT2D eigenvalue weighted by molar-refractivity contribution is -0.148. The number of esters is 1. The number of hydrogen-bond acceptors (Lipinski definition) is 6. The van der Waals surface area contributed by atoms with Crippen LogP contribution in [-0.4, -0.2) is 40.9 Å². The summed E-state index contributed by atoms with van der Waals surface area (Å²) in [4.78, 5) is 35.7. The zero-order valence-corrected chi connectivity index (χ0v) is 17.1. The molecule has 7 nitrogen and oxygen atoms in total. The van der Waals surface area contributed by atoms with Gasteiger partial charge in [0, 0.05) is 5.69 Å². The summed E-state index contributed by atoms with van der Waals surface area (Å²) in [6, 6.07) is 7.35. The van der Waals surface area contributed by atoms with E-state index in [0.717, 1.165) is 11.8 Å². The number of carbonyl (C=O) groups is 3. The summed E-state index contributed by atoms with van der Waals surface area (Å²) in [6.07, 6.45) is 0. The lowest BCUT2D eigenvalue weighted by Crippen LogP contribution is -2.50. The van der Waals surface area contributed by atoms with E-state index in [1.165, 1.54) is 24.3 Å². The molecule has 0 heterocycles. The van der Waals surface area contributed by atoms with Gasteiger partial charge in [0.2, 0.25) is 5.91 Å². The van der Waals surface area contributed by atoms with E-state index in [0.29, 0.717) is 5.69 Å². The zero-order valence-electron chi connectivity index (χ0n) is 16.2. The molecule has 0 aliphatic heterocycles. The third kappa shape index (κ3) is 7.56. The van der Waals surface area contributed by atoms with Crippen molar-refractivity contribution in [3.05, 3.63) is 30.1 Å². The molecule has 28 heavy (non-hydrogen) atoms. The third-order valence-corrected chi connectivity index (χ3v) is 5.18. The first kappa shape index (κ1) is 23.4. The van der Waals surface area contributed by atoms with Gasteiger partial charge < -0.3 is 15.4 Å². The summed E-state index contributed by atoms with van der Waals surface area (Å²) in [5.74, 6) is -2.10. The molecule has 0 bridgehead atoms. The Labute approximate surface area is 168 Å². The van der Waals surface area contributed by atoms with E-state index in [1.807, 2.05) is 6.07 Å². The smallest absolute Gasteiger partial charge is 0.319 e. The second-order valence-electron chi connectivity index (χ2n) is 6.63. The number of benzene rings is 1. The molecule has 1 aromatic rings. The highest BCUT2D eigenvalue weighted by molar-refractivity contribution is 8.01. The maximum absolute atomic E-state index is 12.8. The minimum atomic E-state index is -1.05. The Morgan fingerprint density at radius 2 is 1.82 bits per heavy atom. The molecule has 0 saturated carbocycles. The van der Waals surface area contributed by atoms with E-state index < -0.39 is 35.1 Å². The van der Waals surface area contributed by atoms with Gasteiger partial charge in [-0.15, -0.1) is 11.8 Å². The van der Waals surface area contributed by atoms with Crippen molar-refractivity contribution in [3.63, 3.8) is 0 Å². The minimum Gasteiger partial charge on any atom is -0.455 e. The number of thioether (sulfide) groups is 1. The summed E-state index contributed by atoms with van der Waals surface area (Å²) < 4.78 is 17.8. The maximum atomic E-state index is 12.8. The predicted octanol–water partition coefficient (Wildman–Crippen LogP) is 2.48. The predicted molar refractivity (Wildman–Crippen MR) is 105 cm³/mol. The summed E-state index contributed by atoms with van der Waals surface area (Å²) in [5.41, 5.74) is -0.605. The van der Waals surface area contributed by atoms with Crippen LogP contribution in [0, 0.1) is 23.1 Å². The molecule has 152 valence electrons. The summed E-state index contributed by atoms with van der Waals surface area (Å²) in [7, 11) is 0. The van der Waals surface area contributed by atoms with Crippen molar-refractivity contribution in [1.29, 1.82) is 5.26 Å². The van der Waals surface area contributed by atoms with Crippen LogP contribution < -0.4 is 10.6 Å². The van der Waals surface area contributed by atoms with E-state index in [2.05, 4.69) is 10.6 Å². The average molecular weight is 409 g/mol.